The van der Waals surface area contributed by atoms with Crippen LogP contribution in [0.4, 0.5) is 11.5 Å². The van der Waals surface area contributed by atoms with Gasteiger partial charge in [0.05, 0.1) is 0 Å². The monoisotopic (exact) mass is 197 g/mol. The van der Waals surface area contributed by atoms with E-state index < -0.39 is 0 Å². The van der Waals surface area contributed by atoms with Gasteiger partial charge in [-0.2, -0.15) is 0 Å². The summed E-state index contributed by atoms with van der Waals surface area (Å²) < 4.78 is 0. The van der Waals surface area contributed by atoms with E-state index in [1.807, 2.05) is 0 Å². The summed E-state index contributed by atoms with van der Waals surface area (Å²) in [5.41, 5.74) is 6.49. The first-order valence-electron chi connectivity index (χ1n) is 4.29. The lowest BCUT2D eigenvalue weighted by atomic mass is 10.3. The average molecular weight is 198 g/mol. The number of nitrogens with one attached hydrogen (secondary N) is 1. The van der Waals surface area contributed by atoms with Gasteiger partial charge >= 0.3 is 0 Å². The second kappa shape index (κ2) is 2.77. The second-order valence-electron chi connectivity index (χ2n) is 3.79. The first-order valence-corrected chi connectivity index (χ1v) is 4.66. The van der Waals surface area contributed by atoms with Crippen molar-refractivity contribution in [3.05, 3.63) is 17.3 Å². The van der Waals surface area contributed by atoms with Gasteiger partial charge in [0.1, 0.15) is 11.0 Å². The molecule has 4 heteroatoms. The molecule has 0 radical (unpaired) electrons. The topological polar surface area (TPSA) is 50.9 Å². The highest BCUT2D eigenvalue weighted by Crippen LogP contribution is 2.38. The molecule has 70 valence electrons. The number of rotatable bonds is 2. The Morgan fingerprint density at radius 2 is 2.23 bits per heavy atom. The lowest BCUT2D eigenvalue weighted by molar-refractivity contribution is 0.821. The zero-order chi connectivity index (χ0) is 9.47. The van der Waals surface area contributed by atoms with E-state index in [0.29, 0.717) is 10.8 Å². The molecular formula is C9H12ClN3. The molecule has 2 rings (SSSR count). The Balaban J connectivity index is 2.20. The molecule has 3 nitrogen and oxygen atoms in total. The number of pyridine rings is 1. The van der Waals surface area contributed by atoms with Gasteiger partial charge in [-0.25, -0.2) is 4.98 Å². The Hall–Kier alpha value is -0.960. The summed E-state index contributed by atoms with van der Waals surface area (Å²) in [7, 11) is 0. The van der Waals surface area contributed by atoms with Crippen molar-refractivity contribution in [3.8, 4) is 0 Å². The molecule has 0 unspecified atom stereocenters. The number of hydrogen-bond acceptors (Lipinski definition) is 3. The number of aromatic nitrogens is 1. The van der Waals surface area contributed by atoms with E-state index in [1.54, 1.807) is 12.1 Å². The first kappa shape index (κ1) is 8.63. The van der Waals surface area contributed by atoms with E-state index in [-0.39, 0.29) is 5.54 Å². The van der Waals surface area contributed by atoms with Crippen LogP contribution in [0.1, 0.15) is 19.8 Å². The van der Waals surface area contributed by atoms with Crippen LogP contribution in [0.5, 0.6) is 0 Å². The first-order chi connectivity index (χ1) is 6.07. The molecule has 1 aromatic heterocycles. The second-order valence-corrected chi connectivity index (χ2v) is 4.18. The summed E-state index contributed by atoms with van der Waals surface area (Å²) in [5, 5.41) is 3.74. The summed E-state index contributed by atoms with van der Waals surface area (Å²) in [4.78, 5) is 4.13. The van der Waals surface area contributed by atoms with Crippen molar-refractivity contribution in [2.45, 2.75) is 25.3 Å². The van der Waals surface area contributed by atoms with Gasteiger partial charge in [0, 0.05) is 17.3 Å². The van der Waals surface area contributed by atoms with E-state index >= 15 is 0 Å². The molecule has 1 fully saturated rings. The van der Waals surface area contributed by atoms with Crippen LogP contribution in [0.3, 0.4) is 0 Å². The molecule has 1 aliphatic rings. The highest BCUT2D eigenvalue weighted by molar-refractivity contribution is 6.29. The molecule has 13 heavy (non-hydrogen) atoms. The van der Waals surface area contributed by atoms with Crippen molar-refractivity contribution in [3.63, 3.8) is 0 Å². The van der Waals surface area contributed by atoms with E-state index in [4.69, 9.17) is 17.3 Å². The van der Waals surface area contributed by atoms with Crippen LogP contribution in [-0.2, 0) is 0 Å². The van der Waals surface area contributed by atoms with Gasteiger partial charge in [-0.3, -0.25) is 0 Å². The number of nitrogens with two attached hydrogens (primary N) is 1. The zero-order valence-electron chi connectivity index (χ0n) is 7.47. The van der Waals surface area contributed by atoms with Gasteiger partial charge < -0.3 is 11.1 Å². The van der Waals surface area contributed by atoms with Crippen LogP contribution in [0, 0.1) is 0 Å². The predicted molar refractivity (Wildman–Crippen MR) is 54.9 cm³/mol. The van der Waals surface area contributed by atoms with Gasteiger partial charge in [0.15, 0.2) is 0 Å². The molecule has 0 bridgehead atoms. The number of hydrogen-bond donors (Lipinski definition) is 2. The number of nitrogens with zero attached hydrogens (tertiary/aromatic N) is 1. The Morgan fingerprint density at radius 3 is 2.77 bits per heavy atom. The van der Waals surface area contributed by atoms with Crippen molar-refractivity contribution in [2.75, 3.05) is 11.1 Å². The minimum Gasteiger partial charge on any atom is -0.399 e. The van der Waals surface area contributed by atoms with Crippen LogP contribution < -0.4 is 11.1 Å². The average Bonchev–Trinajstić information content (AvgIpc) is 2.64. The van der Waals surface area contributed by atoms with Gasteiger partial charge in [-0.1, -0.05) is 11.6 Å². The molecule has 1 saturated carbocycles. The highest BCUT2D eigenvalue weighted by atomic mass is 35.5. The van der Waals surface area contributed by atoms with Crippen molar-refractivity contribution in [2.24, 2.45) is 0 Å². The lowest BCUT2D eigenvalue weighted by Crippen LogP contribution is -2.16. The predicted octanol–water partition coefficient (Wildman–Crippen LogP) is 2.28. The van der Waals surface area contributed by atoms with Crippen LogP contribution in [0.25, 0.3) is 0 Å². The standard InChI is InChI=1S/C9H12ClN3/c1-9(2-3-9)13-8-5-6(11)4-7(10)12-8/h4-5H,2-3H2,1H3,(H3,11,12,13). The van der Waals surface area contributed by atoms with Crippen LogP contribution in [-0.4, -0.2) is 10.5 Å². The van der Waals surface area contributed by atoms with Crippen LogP contribution in [0.15, 0.2) is 12.1 Å². The van der Waals surface area contributed by atoms with Crippen LogP contribution in [0.2, 0.25) is 5.15 Å². The number of halogens is 1. The third-order valence-electron chi connectivity index (χ3n) is 2.25. The molecule has 0 aliphatic heterocycles. The Morgan fingerprint density at radius 1 is 1.54 bits per heavy atom. The third kappa shape index (κ3) is 2.04. The molecule has 1 heterocycles. The maximum atomic E-state index is 5.77. The molecule has 0 spiro atoms. The largest absolute Gasteiger partial charge is 0.399 e. The van der Waals surface area contributed by atoms with Gasteiger partial charge in [-0.15, -0.1) is 0 Å². The highest BCUT2D eigenvalue weighted by Gasteiger charge is 2.37. The SMILES string of the molecule is CC1(Nc2cc(N)cc(Cl)n2)CC1. The Kier molecular flexibility index (Phi) is 1.84. The maximum Gasteiger partial charge on any atom is 0.133 e. The number of anilines is 2. The molecule has 1 aliphatic carbocycles. The van der Waals surface area contributed by atoms with E-state index in [2.05, 4.69) is 17.2 Å². The summed E-state index contributed by atoms with van der Waals surface area (Å²) in [6.45, 7) is 2.16. The summed E-state index contributed by atoms with van der Waals surface area (Å²) in [6, 6.07) is 3.44. The fourth-order valence-electron chi connectivity index (χ4n) is 1.20. The minimum absolute atomic E-state index is 0.212. The smallest absolute Gasteiger partial charge is 0.133 e. The summed E-state index contributed by atoms with van der Waals surface area (Å²) in [6.07, 6.45) is 2.36. The number of nitrogen functional groups attached to an aromatic ring is 1. The van der Waals surface area contributed by atoms with E-state index in [1.165, 1.54) is 12.8 Å². The Bertz CT molecular complexity index is 313. The molecule has 3 N–H and O–H groups in total. The molecule has 0 amide bonds. The lowest BCUT2D eigenvalue weighted by Gasteiger charge is -2.12. The quantitative estimate of drug-likeness (QED) is 0.716. The van der Waals surface area contributed by atoms with Crippen molar-refractivity contribution >= 4 is 23.1 Å². The third-order valence-corrected chi connectivity index (χ3v) is 2.44. The normalized spacial score (nSPS) is 18.3. The molecular weight excluding hydrogens is 186 g/mol. The van der Waals surface area contributed by atoms with Gasteiger partial charge in [0.25, 0.3) is 0 Å². The Labute approximate surface area is 82.3 Å². The molecule has 0 saturated heterocycles. The van der Waals surface area contributed by atoms with Crippen LogP contribution >= 0.6 is 11.6 Å². The molecule has 0 atom stereocenters. The van der Waals surface area contributed by atoms with Crippen molar-refractivity contribution < 1.29 is 0 Å². The zero-order valence-corrected chi connectivity index (χ0v) is 8.23. The van der Waals surface area contributed by atoms with Gasteiger partial charge in [0.2, 0.25) is 0 Å². The fourth-order valence-corrected chi connectivity index (χ4v) is 1.42. The van der Waals surface area contributed by atoms with E-state index in [9.17, 15) is 0 Å². The maximum absolute atomic E-state index is 5.77. The molecule has 0 aromatic carbocycles. The minimum atomic E-state index is 0.212. The van der Waals surface area contributed by atoms with Gasteiger partial charge in [-0.05, 0) is 25.8 Å². The van der Waals surface area contributed by atoms with E-state index in [0.717, 1.165) is 5.82 Å². The summed E-state index contributed by atoms with van der Waals surface area (Å²) in [5.74, 6) is 0.769. The van der Waals surface area contributed by atoms with Crippen molar-refractivity contribution in [1.29, 1.82) is 0 Å². The fraction of sp³-hybridized carbons (Fsp3) is 0.444. The van der Waals surface area contributed by atoms with Crippen molar-refractivity contribution in [1.82, 2.24) is 4.98 Å². The molecule has 1 aromatic rings. The summed E-state index contributed by atoms with van der Waals surface area (Å²) >= 11 is 5.77.